The van der Waals surface area contributed by atoms with E-state index in [1.807, 2.05) is 0 Å². The highest BCUT2D eigenvalue weighted by atomic mass is 79.9. The molecule has 0 spiro atoms. The van der Waals surface area contributed by atoms with Crippen molar-refractivity contribution in [2.75, 3.05) is 0 Å². The third-order valence-corrected chi connectivity index (χ3v) is 12.8. The van der Waals surface area contributed by atoms with Gasteiger partial charge in [-0.1, -0.05) is 125 Å². The second-order valence-corrected chi connectivity index (χ2v) is 16.6. The summed E-state index contributed by atoms with van der Waals surface area (Å²) in [5.74, 6) is 0. The summed E-state index contributed by atoms with van der Waals surface area (Å²) in [7, 11) is 0. The van der Waals surface area contributed by atoms with Crippen LogP contribution in [0.3, 0.4) is 0 Å². The van der Waals surface area contributed by atoms with Crippen molar-refractivity contribution in [3.8, 4) is 17.1 Å². The van der Waals surface area contributed by atoms with E-state index in [9.17, 15) is 0 Å². The molecule has 0 fully saturated rings. The molecule has 0 amide bonds. The number of hydrogen-bond acceptors (Lipinski definition) is 0. The number of fused-ring (bicyclic) bond motifs is 8. The monoisotopic (exact) mass is 852 g/mol. The molecule has 0 aliphatic heterocycles. The first-order chi connectivity index (χ1) is 29.9. The minimum Gasteiger partial charge on any atom is -0.358 e. The van der Waals surface area contributed by atoms with Gasteiger partial charge in [0.05, 0.1) is 27.6 Å². The summed E-state index contributed by atoms with van der Waals surface area (Å²) in [5.41, 5.74) is 16.3. The molecule has 0 radical (unpaired) electrons. The maximum absolute atomic E-state index is 3.50. The van der Waals surface area contributed by atoms with Crippen molar-refractivity contribution in [1.29, 1.82) is 0 Å². The molecule has 4 nitrogen and oxygen atoms in total. The van der Waals surface area contributed by atoms with E-state index >= 15 is 0 Å². The van der Waals surface area contributed by atoms with Crippen LogP contribution in [0.15, 0.2) is 199 Å². The number of para-hydroxylation sites is 6. The van der Waals surface area contributed by atoms with Crippen molar-refractivity contribution in [2.45, 2.75) is 27.7 Å². The number of aromatic amines is 1. The summed E-state index contributed by atoms with van der Waals surface area (Å²) in [6.07, 6.45) is 0. The van der Waals surface area contributed by atoms with Crippen LogP contribution >= 0.6 is 15.9 Å². The van der Waals surface area contributed by atoms with Crippen molar-refractivity contribution in [2.24, 2.45) is 0 Å². The zero-order chi connectivity index (χ0) is 41.6. The van der Waals surface area contributed by atoms with Crippen molar-refractivity contribution in [3.63, 3.8) is 0 Å². The fraction of sp³-hybridized carbons (Fsp3) is 0.0714. The number of benzene rings is 8. The lowest BCUT2D eigenvalue weighted by Crippen LogP contribution is -1.98. The summed E-state index contributed by atoms with van der Waals surface area (Å²) in [5, 5.41) is 7.84. The van der Waals surface area contributed by atoms with E-state index in [0.29, 0.717) is 0 Å². The minimum atomic E-state index is 1.10. The van der Waals surface area contributed by atoms with E-state index < -0.39 is 0 Å². The number of nitrogens with one attached hydrogen (secondary N) is 1. The fourth-order valence-electron chi connectivity index (χ4n) is 9.02. The van der Waals surface area contributed by atoms with Crippen LogP contribution in [0.4, 0.5) is 0 Å². The molecule has 1 N–H and O–H groups in total. The maximum Gasteiger partial charge on any atom is 0.0541 e. The molecule has 296 valence electrons. The van der Waals surface area contributed by atoms with Gasteiger partial charge in [-0.25, -0.2) is 0 Å². The van der Waals surface area contributed by atoms with Crippen molar-refractivity contribution in [1.82, 2.24) is 18.7 Å². The van der Waals surface area contributed by atoms with Crippen LogP contribution < -0.4 is 0 Å². The summed E-state index contributed by atoms with van der Waals surface area (Å²) in [4.78, 5) is 3.33. The standard InChI is InChI=1S/C28H22N2.C18H12BrN.C10H11N/c1-19-20(2)29(26-12-6-3-9-23(19)26)21-15-17-22(18-16-21)30-27-13-7-4-10-24(27)25-11-5-8-14-28(25)30;19-13-9-11-14(12-10-13)20-17-7-3-1-5-15(17)16-6-2-4-8-18(16)20;1-7-8(2)11-10-6-4-3-5-9(7)10/h3-18H,1-2H3;1-12H;3-6,11H,1-2H3. The molecule has 0 bridgehead atoms. The molecule has 4 aromatic heterocycles. The van der Waals surface area contributed by atoms with Crippen LogP contribution in [0, 0.1) is 27.7 Å². The molecule has 0 atom stereocenters. The Hall–Kier alpha value is -7.08. The number of nitrogens with zero attached hydrogens (tertiary/aromatic N) is 3. The van der Waals surface area contributed by atoms with Crippen LogP contribution in [-0.4, -0.2) is 18.7 Å². The largest absolute Gasteiger partial charge is 0.358 e. The molecule has 0 aliphatic carbocycles. The van der Waals surface area contributed by atoms with E-state index in [-0.39, 0.29) is 0 Å². The third-order valence-electron chi connectivity index (χ3n) is 12.3. The highest BCUT2D eigenvalue weighted by Crippen LogP contribution is 2.34. The van der Waals surface area contributed by atoms with E-state index in [1.165, 1.54) is 105 Å². The third kappa shape index (κ3) is 6.72. The molecule has 61 heavy (non-hydrogen) atoms. The first-order valence-corrected chi connectivity index (χ1v) is 21.6. The zero-order valence-electron chi connectivity index (χ0n) is 34.7. The summed E-state index contributed by atoms with van der Waals surface area (Å²) in [6.45, 7) is 8.67. The lowest BCUT2D eigenvalue weighted by Gasteiger charge is -2.12. The zero-order valence-corrected chi connectivity index (χ0v) is 36.3. The Balaban J connectivity index is 0.000000123. The maximum atomic E-state index is 3.50. The molecule has 12 rings (SSSR count). The fourth-order valence-corrected chi connectivity index (χ4v) is 9.29. The Morgan fingerprint density at radius 3 is 1.08 bits per heavy atom. The van der Waals surface area contributed by atoms with Gasteiger partial charge in [0.1, 0.15) is 0 Å². The molecule has 12 aromatic rings. The Morgan fingerprint density at radius 1 is 0.328 bits per heavy atom. The summed E-state index contributed by atoms with van der Waals surface area (Å²) >= 11 is 3.50. The Kier molecular flexibility index (Phi) is 9.90. The molecule has 0 aliphatic rings. The van der Waals surface area contributed by atoms with Gasteiger partial charge in [0.2, 0.25) is 0 Å². The Bertz CT molecular complexity index is 3420. The number of hydrogen-bond donors (Lipinski definition) is 1. The molecule has 5 heteroatoms. The number of aryl methyl sites for hydroxylation is 3. The molecule has 0 saturated carbocycles. The van der Waals surface area contributed by atoms with Crippen LogP contribution in [-0.2, 0) is 0 Å². The predicted octanol–water partition coefficient (Wildman–Crippen LogP) is 15.7. The average Bonchev–Trinajstić information content (AvgIpc) is 4.00. The van der Waals surface area contributed by atoms with Gasteiger partial charge in [-0.05, 0) is 124 Å². The second-order valence-electron chi connectivity index (χ2n) is 15.7. The highest BCUT2D eigenvalue weighted by Gasteiger charge is 2.15. The lowest BCUT2D eigenvalue weighted by molar-refractivity contribution is 1.04. The van der Waals surface area contributed by atoms with Gasteiger partial charge in [0.15, 0.2) is 0 Å². The number of aromatic nitrogens is 4. The average molecular weight is 854 g/mol. The van der Waals surface area contributed by atoms with Gasteiger partial charge in [-0.3, -0.25) is 0 Å². The van der Waals surface area contributed by atoms with Crippen LogP contribution in [0.2, 0.25) is 0 Å². The molecule has 8 aromatic carbocycles. The van der Waals surface area contributed by atoms with Gasteiger partial charge in [0.25, 0.3) is 0 Å². The SMILES string of the molecule is Brc1ccc(-n2c3ccccc3c3ccccc32)cc1.Cc1[nH]c2ccccc2c1C.Cc1c(C)n(-c2ccc(-n3c4ccccc4c4ccccc43)cc2)c2ccccc12. The molecular weight excluding hydrogens is 809 g/mol. The van der Waals surface area contributed by atoms with Gasteiger partial charge in [-0.2, -0.15) is 0 Å². The Morgan fingerprint density at radius 2 is 0.656 bits per heavy atom. The van der Waals surface area contributed by atoms with Crippen molar-refractivity contribution < 1.29 is 0 Å². The van der Waals surface area contributed by atoms with Gasteiger partial charge in [0, 0.05) is 70.8 Å². The van der Waals surface area contributed by atoms with Crippen LogP contribution in [0.1, 0.15) is 22.5 Å². The number of halogens is 1. The first-order valence-electron chi connectivity index (χ1n) is 20.8. The molecular formula is C56H45BrN4. The molecule has 0 unspecified atom stereocenters. The highest BCUT2D eigenvalue weighted by molar-refractivity contribution is 9.10. The first kappa shape index (κ1) is 38.1. The van der Waals surface area contributed by atoms with E-state index in [0.717, 1.165) is 4.47 Å². The van der Waals surface area contributed by atoms with E-state index in [2.05, 4.69) is 256 Å². The van der Waals surface area contributed by atoms with E-state index in [4.69, 9.17) is 0 Å². The molecule has 0 saturated heterocycles. The van der Waals surface area contributed by atoms with Gasteiger partial charge < -0.3 is 18.7 Å². The van der Waals surface area contributed by atoms with Gasteiger partial charge >= 0.3 is 0 Å². The van der Waals surface area contributed by atoms with E-state index in [1.54, 1.807) is 0 Å². The lowest BCUT2D eigenvalue weighted by atomic mass is 10.2. The van der Waals surface area contributed by atoms with Crippen molar-refractivity contribution >= 4 is 81.3 Å². The normalized spacial score (nSPS) is 11.4. The summed E-state index contributed by atoms with van der Waals surface area (Å²) in [6, 6.07) is 68.8. The number of rotatable bonds is 3. The Labute approximate surface area is 364 Å². The van der Waals surface area contributed by atoms with Crippen LogP contribution in [0.5, 0.6) is 0 Å². The summed E-state index contributed by atoms with van der Waals surface area (Å²) < 4.78 is 8.14. The second kappa shape index (κ2) is 15.8. The topological polar surface area (TPSA) is 30.6 Å². The number of H-pyrrole nitrogens is 1. The van der Waals surface area contributed by atoms with Gasteiger partial charge in [-0.15, -0.1) is 0 Å². The smallest absolute Gasteiger partial charge is 0.0541 e. The quantitative estimate of drug-likeness (QED) is 0.184. The van der Waals surface area contributed by atoms with Crippen molar-refractivity contribution in [3.05, 3.63) is 221 Å². The minimum absolute atomic E-state index is 1.10. The predicted molar refractivity (Wildman–Crippen MR) is 263 cm³/mol. The van der Waals surface area contributed by atoms with Crippen LogP contribution in [0.25, 0.3) is 82.5 Å². The molecule has 4 heterocycles.